The molecule has 1 N–H and O–H groups in total. The standard InChI is InChI=1S/C20H19N3O2/c1-25-16-4-5-19-17(11-16)18(13-22-19)14-6-9-23(10-7-14)20(24)15-3-2-8-21-12-15/h2-6,8,11-13,22H,7,9-10H2,1H3. The number of ether oxygens (including phenoxy) is 1. The van der Waals surface area contributed by atoms with Gasteiger partial charge in [0.2, 0.25) is 0 Å². The van der Waals surface area contributed by atoms with Crippen LogP contribution in [0.2, 0.25) is 0 Å². The minimum atomic E-state index is 0.0315. The Balaban J connectivity index is 1.58. The number of amides is 1. The number of carbonyl (C=O) groups is 1. The second-order valence-electron chi connectivity index (χ2n) is 6.09. The van der Waals surface area contributed by atoms with Gasteiger partial charge in [-0.2, -0.15) is 0 Å². The highest BCUT2D eigenvalue weighted by Gasteiger charge is 2.20. The maximum atomic E-state index is 12.5. The SMILES string of the molecule is COc1ccc2[nH]cc(C3=CCN(C(=O)c4cccnc4)CC3)c2c1. The van der Waals surface area contributed by atoms with Crippen LogP contribution in [0.1, 0.15) is 22.3 Å². The number of H-pyrrole nitrogens is 1. The Morgan fingerprint density at radius 2 is 2.24 bits per heavy atom. The van der Waals surface area contributed by atoms with Crippen LogP contribution in [0.3, 0.4) is 0 Å². The molecule has 0 unspecified atom stereocenters. The summed E-state index contributed by atoms with van der Waals surface area (Å²) in [5.74, 6) is 0.877. The van der Waals surface area contributed by atoms with Crippen molar-refractivity contribution in [3.63, 3.8) is 0 Å². The number of methoxy groups -OCH3 is 1. The third kappa shape index (κ3) is 2.89. The number of fused-ring (bicyclic) bond motifs is 1. The lowest BCUT2D eigenvalue weighted by atomic mass is 9.98. The second kappa shape index (κ2) is 6.43. The molecule has 0 saturated heterocycles. The topological polar surface area (TPSA) is 58.2 Å². The van der Waals surface area contributed by atoms with Gasteiger partial charge in [0, 0.05) is 48.1 Å². The molecule has 2 aromatic heterocycles. The van der Waals surface area contributed by atoms with E-state index >= 15 is 0 Å². The second-order valence-corrected chi connectivity index (χ2v) is 6.09. The first-order valence-electron chi connectivity index (χ1n) is 8.30. The maximum absolute atomic E-state index is 12.5. The number of rotatable bonds is 3. The Morgan fingerprint density at radius 3 is 2.96 bits per heavy atom. The average molecular weight is 333 g/mol. The summed E-state index contributed by atoms with van der Waals surface area (Å²) >= 11 is 0. The molecule has 0 spiro atoms. The number of carbonyl (C=O) groups excluding carboxylic acids is 1. The number of hydrogen-bond donors (Lipinski definition) is 1. The van der Waals surface area contributed by atoms with Gasteiger partial charge in [-0.1, -0.05) is 6.08 Å². The molecule has 1 aliphatic heterocycles. The Bertz CT molecular complexity index is 944. The molecule has 0 aliphatic carbocycles. The van der Waals surface area contributed by atoms with E-state index in [1.54, 1.807) is 31.6 Å². The van der Waals surface area contributed by atoms with Crippen LogP contribution in [0.25, 0.3) is 16.5 Å². The molecule has 25 heavy (non-hydrogen) atoms. The normalized spacial score (nSPS) is 14.4. The predicted octanol–water partition coefficient (Wildman–Crippen LogP) is 3.50. The lowest BCUT2D eigenvalue weighted by Crippen LogP contribution is -2.34. The van der Waals surface area contributed by atoms with Gasteiger partial charge in [-0.05, 0) is 42.3 Å². The van der Waals surface area contributed by atoms with E-state index in [-0.39, 0.29) is 5.91 Å². The number of hydrogen-bond acceptors (Lipinski definition) is 3. The first kappa shape index (κ1) is 15.4. The van der Waals surface area contributed by atoms with E-state index in [1.807, 2.05) is 23.2 Å². The highest BCUT2D eigenvalue weighted by molar-refractivity contribution is 5.96. The zero-order chi connectivity index (χ0) is 17.2. The van der Waals surface area contributed by atoms with Gasteiger partial charge >= 0.3 is 0 Å². The molecule has 1 aromatic carbocycles. The summed E-state index contributed by atoms with van der Waals surface area (Å²) in [5, 5.41) is 1.15. The molecule has 0 bridgehead atoms. The van der Waals surface area contributed by atoms with Gasteiger partial charge in [0.1, 0.15) is 5.75 Å². The molecule has 3 aromatic rings. The lowest BCUT2D eigenvalue weighted by molar-refractivity contribution is 0.0772. The summed E-state index contributed by atoms with van der Waals surface area (Å²) in [5.41, 5.74) is 4.17. The summed E-state index contributed by atoms with van der Waals surface area (Å²) in [6.07, 6.45) is 8.30. The van der Waals surface area contributed by atoms with Gasteiger partial charge in [-0.25, -0.2) is 0 Å². The Morgan fingerprint density at radius 1 is 1.32 bits per heavy atom. The molecule has 5 nitrogen and oxygen atoms in total. The van der Waals surface area contributed by atoms with Crippen molar-refractivity contribution < 1.29 is 9.53 Å². The fraction of sp³-hybridized carbons (Fsp3) is 0.200. The van der Waals surface area contributed by atoms with E-state index < -0.39 is 0 Å². The van der Waals surface area contributed by atoms with Crippen molar-refractivity contribution in [3.05, 3.63) is 66.1 Å². The number of pyridine rings is 1. The van der Waals surface area contributed by atoms with Crippen molar-refractivity contribution in [1.82, 2.24) is 14.9 Å². The van der Waals surface area contributed by atoms with Crippen molar-refractivity contribution in [2.24, 2.45) is 0 Å². The number of aromatic amines is 1. The molecule has 1 aliphatic rings. The van der Waals surface area contributed by atoms with Gasteiger partial charge in [0.25, 0.3) is 5.91 Å². The summed E-state index contributed by atoms with van der Waals surface area (Å²) in [6, 6.07) is 9.62. The molecule has 5 heteroatoms. The molecule has 0 atom stereocenters. The zero-order valence-electron chi connectivity index (χ0n) is 14.0. The fourth-order valence-corrected chi connectivity index (χ4v) is 3.26. The van der Waals surface area contributed by atoms with Gasteiger partial charge in [0.05, 0.1) is 12.7 Å². The minimum absolute atomic E-state index is 0.0315. The van der Waals surface area contributed by atoms with E-state index in [2.05, 4.69) is 22.1 Å². The highest BCUT2D eigenvalue weighted by Crippen LogP contribution is 2.31. The van der Waals surface area contributed by atoms with Gasteiger partial charge in [0.15, 0.2) is 0 Å². The van der Waals surface area contributed by atoms with Crippen LogP contribution in [0.4, 0.5) is 0 Å². The number of benzene rings is 1. The van der Waals surface area contributed by atoms with E-state index in [9.17, 15) is 4.79 Å². The molecule has 126 valence electrons. The highest BCUT2D eigenvalue weighted by atomic mass is 16.5. The van der Waals surface area contributed by atoms with Gasteiger partial charge in [-0.3, -0.25) is 9.78 Å². The van der Waals surface area contributed by atoms with Crippen LogP contribution in [0.5, 0.6) is 5.75 Å². The Kier molecular flexibility index (Phi) is 3.98. The number of nitrogens with one attached hydrogen (secondary N) is 1. The maximum Gasteiger partial charge on any atom is 0.255 e. The monoisotopic (exact) mass is 333 g/mol. The lowest BCUT2D eigenvalue weighted by Gasteiger charge is -2.26. The molecule has 1 amide bonds. The third-order valence-corrected chi connectivity index (χ3v) is 4.64. The zero-order valence-corrected chi connectivity index (χ0v) is 14.0. The number of nitrogens with zero attached hydrogens (tertiary/aromatic N) is 2. The van der Waals surface area contributed by atoms with Crippen molar-refractivity contribution in [2.45, 2.75) is 6.42 Å². The van der Waals surface area contributed by atoms with Crippen LogP contribution in [-0.4, -0.2) is 41.0 Å². The molecular weight excluding hydrogens is 314 g/mol. The smallest absolute Gasteiger partial charge is 0.255 e. The largest absolute Gasteiger partial charge is 0.497 e. The van der Waals surface area contributed by atoms with E-state index in [0.717, 1.165) is 23.1 Å². The van der Waals surface area contributed by atoms with Crippen molar-refractivity contribution >= 4 is 22.4 Å². The van der Waals surface area contributed by atoms with Crippen molar-refractivity contribution in [1.29, 1.82) is 0 Å². The van der Waals surface area contributed by atoms with Gasteiger partial charge < -0.3 is 14.6 Å². The van der Waals surface area contributed by atoms with E-state index in [1.165, 1.54) is 11.1 Å². The van der Waals surface area contributed by atoms with Gasteiger partial charge in [-0.15, -0.1) is 0 Å². The van der Waals surface area contributed by atoms with Crippen LogP contribution in [-0.2, 0) is 0 Å². The summed E-state index contributed by atoms with van der Waals surface area (Å²) in [7, 11) is 1.68. The Hall–Kier alpha value is -3.08. The van der Waals surface area contributed by atoms with E-state index in [0.29, 0.717) is 18.7 Å². The van der Waals surface area contributed by atoms with Crippen molar-refractivity contribution in [3.8, 4) is 5.75 Å². The van der Waals surface area contributed by atoms with Crippen LogP contribution < -0.4 is 4.74 Å². The Labute approximate surface area is 145 Å². The van der Waals surface area contributed by atoms with Crippen LogP contribution >= 0.6 is 0 Å². The molecule has 3 heterocycles. The minimum Gasteiger partial charge on any atom is -0.497 e. The quantitative estimate of drug-likeness (QED) is 0.798. The molecule has 4 rings (SSSR count). The average Bonchev–Trinajstić information content (AvgIpc) is 3.11. The predicted molar refractivity (Wildman–Crippen MR) is 97.6 cm³/mol. The summed E-state index contributed by atoms with van der Waals surface area (Å²) in [4.78, 5) is 21.7. The van der Waals surface area contributed by atoms with Crippen LogP contribution in [0, 0.1) is 0 Å². The first-order valence-corrected chi connectivity index (χ1v) is 8.30. The molecule has 0 radical (unpaired) electrons. The van der Waals surface area contributed by atoms with Crippen molar-refractivity contribution in [2.75, 3.05) is 20.2 Å². The summed E-state index contributed by atoms with van der Waals surface area (Å²) < 4.78 is 5.34. The summed E-state index contributed by atoms with van der Waals surface area (Å²) in [6.45, 7) is 1.32. The van der Waals surface area contributed by atoms with Crippen LogP contribution in [0.15, 0.2) is 55.0 Å². The molecule has 0 fully saturated rings. The number of aromatic nitrogens is 2. The first-order chi connectivity index (χ1) is 12.3. The molecule has 0 saturated carbocycles. The third-order valence-electron chi connectivity index (χ3n) is 4.64. The van der Waals surface area contributed by atoms with E-state index in [4.69, 9.17) is 4.74 Å². The molecular formula is C20H19N3O2. The fourth-order valence-electron chi connectivity index (χ4n) is 3.26.